The molecule has 1 aromatic carbocycles. The number of fused-ring (bicyclic) bond motifs is 5. The summed E-state index contributed by atoms with van der Waals surface area (Å²) in [5.74, 6) is -1.15. The molecule has 6 nitrogen and oxygen atoms in total. The maximum Gasteiger partial charge on any atom is 0.281 e. The highest BCUT2D eigenvalue weighted by Crippen LogP contribution is 2.48. The van der Waals surface area contributed by atoms with Gasteiger partial charge in [-0.3, -0.25) is 19.7 Å². The highest BCUT2D eigenvalue weighted by molar-refractivity contribution is 6.53. The van der Waals surface area contributed by atoms with Crippen LogP contribution in [0.25, 0.3) is 11.3 Å². The average Bonchev–Trinajstić information content (AvgIpc) is 2.92. The minimum Gasteiger partial charge on any atom is -0.463 e. The molecule has 25 heavy (non-hydrogen) atoms. The van der Waals surface area contributed by atoms with E-state index in [2.05, 4.69) is 0 Å². The maximum absolute atomic E-state index is 12.9. The highest BCUT2D eigenvalue weighted by atomic mass is 16.6. The van der Waals surface area contributed by atoms with E-state index in [1.54, 1.807) is 13.0 Å². The lowest BCUT2D eigenvalue weighted by atomic mass is 9.68. The first-order valence-corrected chi connectivity index (χ1v) is 8.26. The van der Waals surface area contributed by atoms with Crippen LogP contribution >= 0.6 is 0 Å². The average molecular weight is 339 g/mol. The third-order valence-corrected chi connectivity index (χ3v) is 5.43. The molecule has 0 bridgehead atoms. The number of nitro groups is 1. The van der Waals surface area contributed by atoms with E-state index < -0.39 is 16.5 Å². The number of furan rings is 1. The summed E-state index contributed by atoms with van der Waals surface area (Å²) in [7, 11) is 0. The molecule has 128 valence electrons. The van der Waals surface area contributed by atoms with Crippen LogP contribution in [0, 0.1) is 17.0 Å². The van der Waals surface area contributed by atoms with E-state index in [1.165, 1.54) is 6.26 Å². The Kier molecular flexibility index (Phi) is 3.07. The van der Waals surface area contributed by atoms with Crippen LogP contribution in [0.4, 0.5) is 5.69 Å². The lowest BCUT2D eigenvalue weighted by Crippen LogP contribution is -2.30. The number of benzene rings is 1. The smallest absolute Gasteiger partial charge is 0.281 e. The van der Waals surface area contributed by atoms with Crippen molar-refractivity contribution in [1.29, 1.82) is 0 Å². The van der Waals surface area contributed by atoms with Crippen molar-refractivity contribution in [2.24, 2.45) is 0 Å². The van der Waals surface area contributed by atoms with Crippen LogP contribution in [0.3, 0.4) is 0 Å². The third kappa shape index (κ3) is 1.97. The van der Waals surface area contributed by atoms with Gasteiger partial charge in [0, 0.05) is 11.6 Å². The van der Waals surface area contributed by atoms with Gasteiger partial charge in [-0.2, -0.15) is 0 Å². The molecule has 2 aromatic rings. The van der Waals surface area contributed by atoms with Crippen LogP contribution in [0.1, 0.15) is 64.1 Å². The summed E-state index contributed by atoms with van der Waals surface area (Å²) in [6.45, 7) is 5.68. The van der Waals surface area contributed by atoms with E-state index in [9.17, 15) is 19.7 Å². The Bertz CT molecular complexity index is 980. The Morgan fingerprint density at radius 2 is 1.84 bits per heavy atom. The second-order valence-corrected chi connectivity index (χ2v) is 7.45. The Morgan fingerprint density at radius 3 is 2.52 bits per heavy atom. The van der Waals surface area contributed by atoms with Gasteiger partial charge in [-0.1, -0.05) is 13.8 Å². The van der Waals surface area contributed by atoms with Crippen molar-refractivity contribution < 1.29 is 18.9 Å². The predicted molar refractivity (Wildman–Crippen MR) is 90.2 cm³/mol. The van der Waals surface area contributed by atoms with E-state index in [-0.39, 0.29) is 33.6 Å². The van der Waals surface area contributed by atoms with E-state index >= 15 is 0 Å². The Hall–Kier alpha value is -2.76. The van der Waals surface area contributed by atoms with E-state index in [1.807, 2.05) is 13.8 Å². The van der Waals surface area contributed by atoms with Crippen molar-refractivity contribution in [3.8, 4) is 11.3 Å². The summed E-state index contributed by atoms with van der Waals surface area (Å²) in [5, 5.41) is 11.7. The molecule has 0 spiro atoms. The third-order valence-electron chi connectivity index (χ3n) is 5.43. The van der Waals surface area contributed by atoms with Gasteiger partial charge >= 0.3 is 0 Å². The van der Waals surface area contributed by atoms with Gasteiger partial charge in [-0.25, -0.2) is 0 Å². The molecule has 0 saturated heterocycles. The molecular formula is C19H17NO5. The van der Waals surface area contributed by atoms with E-state index in [0.717, 1.165) is 24.0 Å². The van der Waals surface area contributed by atoms with E-state index in [4.69, 9.17) is 4.42 Å². The molecule has 0 fully saturated rings. The van der Waals surface area contributed by atoms with Crippen LogP contribution in [0.5, 0.6) is 0 Å². The van der Waals surface area contributed by atoms with Gasteiger partial charge < -0.3 is 4.42 Å². The summed E-state index contributed by atoms with van der Waals surface area (Å²) >= 11 is 0. The van der Waals surface area contributed by atoms with Crippen molar-refractivity contribution in [1.82, 2.24) is 0 Å². The summed E-state index contributed by atoms with van der Waals surface area (Å²) < 4.78 is 5.49. The van der Waals surface area contributed by atoms with Gasteiger partial charge in [0.15, 0.2) is 5.76 Å². The molecule has 0 unspecified atom stereocenters. The second-order valence-electron chi connectivity index (χ2n) is 7.45. The Labute approximate surface area is 144 Å². The number of Topliss-reactive ketones (excluding diaryl/α,β-unsaturated/α-hetero) is 2. The maximum atomic E-state index is 12.9. The standard InChI is InChI=1S/C19H17NO5/c1-9-8-25-18-13(9)16(21)17(22)14-10-5-4-6-19(2,3)11(10)7-12(15(14)18)20(23)24/h7-8H,4-6H2,1-3H3. The number of aryl methyl sites for hydroxylation is 1. The summed E-state index contributed by atoms with van der Waals surface area (Å²) in [4.78, 5) is 36.7. The monoisotopic (exact) mass is 339 g/mol. The minimum absolute atomic E-state index is 0.148. The molecule has 0 radical (unpaired) electrons. The van der Waals surface area contributed by atoms with Gasteiger partial charge in [0.1, 0.15) is 5.56 Å². The van der Waals surface area contributed by atoms with E-state index in [0.29, 0.717) is 12.0 Å². The number of carbonyl (C=O) groups excluding carboxylic acids is 2. The molecule has 0 saturated carbocycles. The largest absolute Gasteiger partial charge is 0.463 e. The first kappa shape index (κ1) is 15.7. The number of ketones is 2. The van der Waals surface area contributed by atoms with Gasteiger partial charge in [-0.15, -0.1) is 0 Å². The number of nitrogens with zero attached hydrogens (tertiary/aromatic N) is 1. The fourth-order valence-corrected chi connectivity index (χ4v) is 4.18. The minimum atomic E-state index is -0.662. The topological polar surface area (TPSA) is 90.4 Å². The fourth-order valence-electron chi connectivity index (χ4n) is 4.18. The lowest BCUT2D eigenvalue weighted by Gasteiger charge is -2.34. The zero-order chi connectivity index (χ0) is 18.1. The van der Waals surface area contributed by atoms with Crippen molar-refractivity contribution in [3.63, 3.8) is 0 Å². The highest BCUT2D eigenvalue weighted by Gasteiger charge is 2.44. The van der Waals surface area contributed by atoms with Gasteiger partial charge in [0.2, 0.25) is 11.6 Å². The number of hydrogen-bond acceptors (Lipinski definition) is 5. The molecule has 4 rings (SSSR count). The number of hydrogen-bond donors (Lipinski definition) is 0. The number of nitro benzene ring substituents is 1. The van der Waals surface area contributed by atoms with Gasteiger partial charge in [0.25, 0.3) is 5.69 Å². The van der Waals surface area contributed by atoms with Gasteiger partial charge in [-0.05, 0) is 48.3 Å². The molecule has 2 aliphatic carbocycles. The molecule has 0 N–H and O–H groups in total. The second kappa shape index (κ2) is 4.88. The predicted octanol–water partition coefficient (Wildman–Crippen LogP) is 4.16. The molecule has 1 heterocycles. The van der Waals surface area contributed by atoms with Crippen LogP contribution in [-0.4, -0.2) is 16.5 Å². The van der Waals surface area contributed by atoms with Crippen molar-refractivity contribution >= 4 is 17.3 Å². The quantitative estimate of drug-likeness (QED) is 0.442. The fraction of sp³-hybridized carbons (Fsp3) is 0.368. The molecule has 1 aromatic heterocycles. The number of rotatable bonds is 1. The molecule has 0 amide bonds. The van der Waals surface area contributed by atoms with Crippen molar-refractivity contribution in [2.45, 2.75) is 45.4 Å². The molecule has 2 aliphatic rings. The summed E-state index contributed by atoms with van der Waals surface area (Å²) in [6, 6.07) is 1.57. The SMILES string of the molecule is Cc1coc2c1C(=O)C(=O)c1c3c(cc([N+](=O)[O-])c1-2)C(C)(C)CCC3. The van der Waals surface area contributed by atoms with Crippen LogP contribution in [-0.2, 0) is 11.8 Å². The summed E-state index contributed by atoms with van der Waals surface area (Å²) in [6.07, 6.45) is 3.75. The Balaban J connectivity index is 2.18. The Morgan fingerprint density at radius 1 is 1.16 bits per heavy atom. The normalized spacial score (nSPS) is 17.7. The van der Waals surface area contributed by atoms with Crippen molar-refractivity contribution in [2.75, 3.05) is 0 Å². The van der Waals surface area contributed by atoms with Crippen LogP contribution < -0.4 is 0 Å². The first-order chi connectivity index (χ1) is 11.7. The lowest BCUT2D eigenvalue weighted by molar-refractivity contribution is -0.384. The molecule has 0 aliphatic heterocycles. The zero-order valence-electron chi connectivity index (χ0n) is 14.3. The summed E-state index contributed by atoms with van der Waals surface area (Å²) in [5.41, 5.74) is 2.10. The number of carbonyl (C=O) groups is 2. The first-order valence-electron chi connectivity index (χ1n) is 8.26. The van der Waals surface area contributed by atoms with Crippen LogP contribution in [0.2, 0.25) is 0 Å². The van der Waals surface area contributed by atoms with Crippen LogP contribution in [0.15, 0.2) is 16.7 Å². The molecular weight excluding hydrogens is 322 g/mol. The van der Waals surface area contributed by atoms with Crippen molar-refractivity contribution in [3.05, 3.63) is 50.3 Å². The zero-order valence-corrected chi connectivity index (χ0v) is 14.3. The van der Waals surface area contributed by atoms with Gasteiger partial charge in [0.05, 0.1) is 16.7 Å². The molecule has 6 heteroatoms. The molecule has 0 atom stereocenters.